The zero-order chi connectivity index (χ0) is 12.2. The van der Waals surface area contributed by atoms with Crippen LogP contribution in [0.5, 0.6) is 0 Å². The first-order valence-electron chi connectivity index (χ1n) is 6.05. The largest absolute Gasteiger partial charge is 0.345 e. The molecule has 3 heteroatoms. The number of imidazole rings is 1. The minimum Gasteiger partial charge on any atom is -0.345 e. The van der Waals surface area contributed by atoms with E-state index in [1.54, 1.807) is 0 Å². The van der Waals surface area contributed by atoms with Crippen molar-refractivity contribution in [2.24, 2.45) is 0 Å². The fourth-order valence-corrected chi connectivity index (χ4v) is 2.09. The summed E-state index contributed by atoms with van der Waals surface area (Å²) in [4.78, 5) is 4.07. The van der Waals surface area contributed by atoms with Crippen LogP contribution in [-0.2, 0) is 13.1 Å². The first kappa shape index (κ1) is 10.8. The minimum atomic E-state index is 0.861. The van der Waals surface area contributed by atoms with E-state index in [0.717, 1.165) is 13.1 Å². The lowest BCUT2D eigenvalue weighted by molar-refractivity contribution is 0.686. The van der Waals surface area contributed by atoms with Gasteiger partial charge in [-0.15, -0.1) is 0 Å². The van der Waals surface area contributed by atoms with Gasteiger partial charge in [0.25, 0.3) is 0 Å². The van der Waals surface area contributed by atoms with Gasteiger partial charge in [-0.3, -0.25) is 0 Å². The zero-order valence-corrected chi connectivity index (χ0v) is 10.1. The highest BCUT2D eigenvalue weighted by molar-refractivity contribution is 5.17. The molecule has 0 unspecified atom stereocenters. The van der Waals surface area contributed by atoms with E-state index in [-0.39, 0.29) is 0 Å². The number of aromatic nitrogens is 3. The molecule has 0 aliphatic carbocycles. The number of hydrogen-bond acceptors (Lipinski definition) is 1. The van der Waals surface area contributed by atoms with Gasteiger partial charge in [0.2, 0.25) is 0 Å². The molecule has 2 heterocycles. The van der Waals surface area contributed by atoms with E-state index in [0.29, 0.717) is 0 Å². The van der Waals surface area contributed by atoms with E-state index in [9.17, 15) is 0 Å². The molecule has 3 nitrogen and oxygen atoms in total. The smallest absolute Gasteiger partial charge is 0.0949 e. The van der Waals surface area contributed by atoms with Crippen LogP contribution < -0.4 is 0 Å². The molecule has 0 spiro atoms. The second-order valence-electron chi connectivity index (χ2n) is 4.35. The summed E-state index contributed by atoms with van der Waals surface area (Å²) >= 11 is 0. The first-order valence-corrected chi connectivity index (χ1v) is 6.05. The summed E-state index contributed by atoms with van der Waals surface area (Å²) < 4.78 is 4.35. The van der Waals surface area contributed by atoms with Gasteiger partial charge in [0.15, 0.2) is 0 Å². The first-order chi connectivity index (χ1) is 8.92. The average Bonchev–Trinajstić information content (AvgIpc) is 3.04. The maximum absolute atomic E-state index is 4.07. The lowest BCUT2D eigenvalue weighted by Gasteiger charge is -2.09. The third-order valence-electron chi connectivity index (χ3n) is 3.02. The molecule has 90 valence electrons. The predicted molar refractivity (Wildman–Crippen MR) is 71.3 cm³/mol. The van der Waals surface area contributed by atoms with Crippen LogP contribution in [0.15, 0.2) is 67.4 Å². The van der Waals surface area contributed by atoms with Crippen molar-refractivity contribution in [2.75, 3.05) is 0 Å². The van der Waals surface area contributed by atoms with Crippen molar-refractivity contribution in [3.8, 4) is 0 Å². The second kappa shape index (κ2) is 4.92. The normalized spacial score (nSPS) is 10.7. The molecule has 0 saturated heterocycles. The molecule has 0 radical (unpaired) electrons. The van der Waals surface area contributed by atoms with Crippen molar-refractivity contribution < 1.29 is 0 Å². The quantitative estimate of drug-likeness (QED) is 0.684. The van der Waals surface area contributed by atoms with Crippen molar-refractivity contribution in [1.29, 1.82) is 0 Å². The summed E-state index contributed by atoms with van der Waals surface area (Å²) in [6, 6.07) is 14.8. The molecule has 0 aliphatic rings. The van der Waals surface area contributed by atoms with Crippen LogP contribution >= 0.6 is 0 Å². The van der Waals surface area contributed by atoms with Crippen LogP contribution in [0.3, 0.4) is 0 Å². The summed E-state index contributed by atoms with van der Waals surface area (Å²) in [5.74, 6) is 0. The van der Waals surface area contributed by atoms with Gasteiger partial charge in [0.1, 0.15) is 0 Å². The van der Waals surface area contributed by atoms with Gasteiger partial charge >= 0.3 is 0 Å². The van der Waals surface area contributed by atoms with Gasteiger partial charge < -0.3 is 9.13 Å². The van der Waals surface area contributed by atoms with Gasteiger partial charge in [0.05, 0.1) is 12.9 Å². The topological polar surface area (TPSA) is 22.8 Å². The molecule has 0 fully saturated rings. The monoisotopic (exact) mass is 237 g/mol. The van der Waals surface area contributed by atoms with E-state index < -0.39 is 0 Å². The number of nitrogens with zero attached hydrogens (tertiary/aromatic N) is 3. The average molecular weight is 237 g/mol. The van der Waals surface area contributed by atoms with E-state index in [1.807, 2.05) is 24.8 Å². The van der Waals surface area contributed by atoms with Crippen molar-refractivity contribution in [3.05, 3.63) is 78.6 Å². The van der Waals surface area contributed by atoms with Crippen LogP contribution in [0.2, 0.25) is 0 Å². The standard InChI is InChI=1S/C15H15N3/c1-2-5-14(6-3-1)11-18-9-4-7-15(18)12-17-10-8-16-13-17/h1-10,13H,11-12H2. The van der Waals surface area contributed by atoms with E-state index >= 15 is 0 Å². The van der Waals surface area contributed by atoms with Crippen molar-refractivity contribution in [1.82, 2.24) is 14.1 Å². The second-order valence-corrected chi connectivity index (χ2v) is 4.35. The summed E-state index contributed by atoms with van der Waals surface area (Å²) in [5, 5.41) is 0. The van der Waals surface area contributed by atoms with Crippen LogP contribution in [-0.4, -0.2) is 14.1 Å². The molecule has 1 aromatic carbocycles. The molecule has 0 amide bonds. The van der Waals surface area contributed by atoms with Gasteiger partial charge in [0, 0.05) is 30.8 Å². The highest BCUT2D eigenvalue weighted by Crippen LogP contribution is 2.09. The molecule has 3 rings (SSSR count). The minimum absolute atomic E-state index is 0.861. The fraction of sp³-hybridized carbons (Fsp3) is 0.133. The Morgan fingerprint density at radius 2 is 1.78 bits per heavy atom. The Bertz CT molecular complexity index is 594. The number of rotatable bonds is 4. The van der Waals surface area contributed by atoms with Crippen LogP contribution in [0, 0.1) is 0 Å². The Labute approximate surface area is 106 Å². The predicted octanol–water partition coefficient (Wildman–Crippen LogP) is 2.78. The van der Waals surface area contributed by atoms with Gasteiger partial charge in [-0.2, -0.15) is 0 Å². The van der Waals surface area contributed by atoms with E-state index in [1.165, 1.54) is 11.3 Å². The summed E-state index contributed by atoms with van der Waals surface area (Å²) in [6.45, 7) is 1.78. The lowest BCUT2D eigenvalue weighted by Crippen LogP contribution is -2.06. The SMILES string of the molecule is c1ccc(Cn2cccc2Cn2ccnc2)cc1. The number of benzene rings is 1. The van der Waals surface area contributed by atoms with E-state index in [2.05, 4.69) is 56.7 Å². The molecule has 0 N–H and O–H groups in total. The molecule has 18 heavy (non-hydrogen) atoms. The molecule has 0 bridgehead atoms. The molecular weight excluding hydrogens is 222 g/mol. The Morgan fingerprint density at radius 3 is 2.56 bits per heavy atom. The van der Waals surface area contributed by atoms with E-state index in [4.69, 9.17) is 0 Å². The number of hydrogen-bond donors (Lipinski definition) is 0. The molecule has 0 aliphatic heterocycles. The Kier molecular flexibility index (Phi) is 2.96. The third kappa shape index (κ3) is 2.35. The lowest BCUT2D eigenvalue weighted by atomic mass is 10.2. The molecule has 0 saturated carbocycles. The van der Waals surface area contributed by atoms with Crippen molar-refractivity contribution in [2.45, 2.75) is 13.1 Å². The van der Waals surface area contributed by atoms with Gasteiger partial charge in [-0.25, -0.2) is 4.98 Å². The van der Waals surface area contributed by atoms with Crippen LogP contribution in [0.1, 0.15) is 11.3 Å². The highest BCUT2D eigenvalue weighted by atomic mass is 15.1. The third-order valence-corrected chi connectivity index (χ3v) is 3.02. The van der Waals surface area contributed by atoms with Gasteiger partial charge in [-0.05, 0) is 17.7 Å². The molecule has 2 aromatic heterocycles. The Hall–Kier alpha value is -2.29. The molecule has 0 atom stereocenters. The maximum Gasteiger partial charge on any atom is 0.0949 e. The van der Waals surface area contributed by atoms with Crippen LogP contribution in [0.25, 0.3) is 0 Å². The van der Waals surface area contributed by atoms with Gasteiger partial charge in [-0.1, -0.05) is 30.3 Å². The molecule has 3 aromatic rings. The fourth-order valence-electron chi connectivity index (χ4n) is 2.09. The highest BCUT2D eigenvalue weighted by Gasteiger charge is 2.02. The van der Waals surface area contributed by atoms with Crippen molar-refractivity contribution in [3.63, 3.8) is 0 Å². The van der Waals surface area contributed by atoms with Crippen molar-refractivity contribution >= 4 is 0 Å². The summed E-state index contributed by atoms with van der Waals surface area (Å²) in [7, 11) is 0. The summed E-state index contributed by atoms with van der Waals surface area (Å²) in [6.07, 6.45) is 7.77. The summed E-state index contributed by atoms with van der Waals surface area (Å²) in [5.41, 5.74) is 2.61. The zero-order valence-electron chi connectivity index (χ0n) is 10.1. The molecular formula is C15H15N3. The van der Waals surface area contributed by atoms with Crippen LogP contribution in [0.4, 0.5) is 0 Å². The maximum atomic E-state index is 4.07. The Balaban J connectivity index is 1.79. The Morgan fingerprint density at radius 1 is 0.889 bits per heavy atom.